The predicted molar refractivity (Wildman–Crippen MR) is 124 cm³/mol. The first-order valence-electron chi connectivity index (χ1n) is 10.8. The lowest BCUT2D eigenvalue weighted by molar-refractivity contribution is 0.0937. The van der Waals surface area contributed by atoms with E-state index in [2.05, 4.69) is 15.5 Å². The van der Waals surface area contributed by atoms with Gasteiger partial charge in [-0.05, 0) is 49.7 Å². The lowest BCUT2D eigenvalue weighted by atomic mass is 10.1. The van der Waals surface area contributed by atoms with Crippen molar-refractivity contribution in [3.63, 3.8) is 0 Å². The van der Waals surface area contributed by atoms with E-state index in [1.165, 1.54) is 0 Å². The molecule has 7 nitrogen and oxygen atoms in total. The van der Waals surface area contributed by atoms with E-state index >= 15 is 0 Å². The summed E-state index contributed by atoms with van der Waals surface area (Å²) < 4.78 is 17.2. The molecule has 0 aliphatic carbocycles. The van der Waals surface area contributed by atoms with Gasteiger partial charge >= 0.3 is 0 Å². The van der Waals surface area contributed by atoms with Crippen molar-refractivity contribution in [3.05, 3.63) is 95.9 Å². The summed E-state index contributed by atoms with van der Waals surface area (Å²) in [6.45, 7) is 4.74. The molecule has 0 unspecified atom stereocenters. The molecular weight excluding hydrogens is 418 g/mol. The van der Waals surface area contributed by atoms with Crippen molar-refractivity contribution in [2.45, 2.75) is 19.9 Å². The van der Waals surface area contributed by atoms with Crippen LogP contribution in [0.1, 0.15) is 41.7 Å². The fraction of sp³-hybridized carbons (Fsp3) is 0.192. The third-order valence-electron chi connectivity index (χ3n) is 4.92. The molecule has 4 aromatic rings. The second-order valence-corrected chi connectivity index (χ2v) is 7.16. The highest BCUT2D eigenvalue weighted by Gasteiger charge is 2.24. The maximum atomic E-state index is 13.2. The summed E-state index contributed by atoms with van der Waals surface area (Å²) in [7, 11) is 0. The Morgan fingerprint density at radius 3 is 2.24 bits per heavy atom. The third-order valence-corrected chi connectivity index (χ3v) is 4.92. The number of rotatable bonds is 9. The Bertz CT molecular complexity index is 1190. The second-order valence-electron chi connectivity index (χ2n) is 7.16. The van der Waals surface area contributed by atoms with Gasteiger partial charge in [-0.2, -0.15) is 0 Å². The second kappa shape index (κ2) is 10.5. The zero-order chi connectivity index (χ0) is 23.0. The van der Waals surface area contributed by atoms with Crippen molar-refractivity contribution in [2.24, 2.45) is 0 Å². The number of hydrogen-bond donors (Lipinski definition) is 1. The van der Waals surface area contributed by atoms with E-state index in [9.17, 15) is 4.79 Å². The number of amides is 1. The number of ether oxygens (including phenoxy) is 2. The molecule has 1 amide bonds. The molecule has 0 aliphatic rings. The largest absolute Gasteiger partial charge is 0.490 e. The molecule has 1 atom stereocenters. The van der Waals surface area contributed by atoms with Crippen LogP contribution in [-0.4, -0.2) is 29.3 Å². The zero-order valence-corrected chi connectivity index (χ0v) is 18.5. The highest BCUT2D eigenvalue weighted by Crippen LogP contribution is 2.30. The molecule has 0 radical (unpaired) electrons. The normalized spacial score (nSPS) is 11.6. The summed E-state index contributed by atoms with van der Waals surface area (Å²) in [5.41, 5.74) is 2.07. The van der Waals surface area contributed by atoms with Crippen LogP contribution in [0.25, 0.3) is 11.5 Å². The molecule has 0 saturated carbocycles. The third kappa shape index (κ3) is 5.20. The SMILES string of the molecule is CCOc1ccc(C(=O)N[C@@H](c2ccccc2)c2nnc(-c3ccccc3)o2)cc1OCC. The van der Waals surface area contributed by atoms with Crippen molar-refractivity contribution in [1.29, 1.82) is 0 Å². The lowest BCUT2D eigenvalue weighted by Gasteiger charge is -2.17. The molecule has 0 aliphatic heterocycles. The van der Waals surface area contributed by atoms with Crippen molar-refractivity contribution >= 4 is 5.91 Å². The van der Waals surface area contributed by atoms with Gasteiger partial charge < -0.3 is 19.2 Å². The highest BCUT2D eigenvalue weighted by atomic mass is 16.5. The van der Waals surface area contributed by atoms with Gasteiger partial charge in [-0.3, -0.25) is 4.79 Å². The average molecular weight is 444 g/mol. The molecule has 3 aromatic carbocycles. The summed E-state index contributed by atoms with van der Waals surface area (Å²) in [5.74, 6) is 1.50. The van der Waals surface area contributed by atoms with Gasteiger partial charge in [0.1, 0.15) is 6.04 Å². The van der Waals surface area contributed by atoms with E-state index in [1.807, 2.05) is 74.5 Å². The van der Waals surface area contributed by atoms with E-state index in [1.54, 1.807) is 18.2 Å². The van der Waals surface area contributed by atoms with Gasteiger partial charge in [0, 0.05) is 11.1 Å². The molecule has 0 spiro atoms. The fourth-order valence-corrected chi connectivity index (χ4v) is 3.39. The van der Waals surface area contributed by atoms with Crippen LogP contribution in [0.5, 0.6) is 11.5 Å². The predicted octanol–water partition coefficient (Wildman–Crippen LogP) is 5.05. The number of aromatic nitrogens is 2. The molecule has 7 heteroatoms. The molecule has 168 valence electrons. The summed E-state index contributed by atoms with van der Waals surface area (Å²) in [6, 6.07) is 23.5. The monoisotopic (exact) mass is 443 g/mol. The summed E-state index contributed by atoms with van der Waals surface area (Å²) >= 11 is 0. The Hall–Kier alpha value is -4.13. The molecular formula is C26H25N3O4. The Morgan fingerprint density at radius 2 is 1.55 bits per heavy atom. The zero-order valence-electron chi connectivity index (χ0n) is 18.5. The molecule has 1 heterocycles. The average Bonchev–Trinajstić information content (AvgIpc) is 3.35. The van der Waals surface area contributed by atoms with Crippen LogP contribution >= 0.6 is 0 Å². The first-order chi connectivity index (χ1) is 16.2. The van der Waals surface area contributed by atoms with Gasteiger partial charge in [0.05, 0.1) is 13.2 Å². The number of benzene rings is 3. The Labute approximate surface area is 192 Å². The minimum Gasteiger partial charge on any atom is -0.490 e. The van der Waals surface area contributed by atoms with Crippen LogP contribution in [0.4, 0.5) is 0 Å². The smallest absolute Gasteiger partial charge is 0.252 e. The number of hydrogen-bond acceptors (Lipinski definition) is 6. The van der Waals surface area contributed by atoms with E-state index < -0.39 is 6.04 Å². The van der Waals surface area contributed by atoms with E-state index in [4.69, 9.17) is 13.9 Å². The lowest BCUT2D eigenvalue weighted by Crippen LogP contribution is -2.29. The van der Waals surface area contributed by atoms with Crippen LogP contribution in [0.15, 0.2) is 83.3 Å². The Morgan fingerprint density at radius 1 is 0.879 bits per heavy atom. The number of carbonyl (C=O) groups excluding carboxylic acids is 1. The van der Waals surface area contributed by atoms with E-state index in [0.29, 0.717) is 42.1 Å². The maximum absolute atomic E-state index is 13.2. The molecule has 0 bridgehead atoms. The van der Waals surface area contributed by atoms with Crippen molar-refractivity contribution in [1.82, 2.24) is 15.5 Å². The minimum atomic E-state index is -0.620. The molecule has 1 N–H and O–H groups in total. The number of nitrogens with zero attached hydrogens (tertiary/aromatic N) is 2. The Kier molecular flexibility index (Phi) is 6.99. The maximum Gasteiger partial charge on any atom is 0.252 e. The van der Waals surface area contributed by atoms with Crippen molar-refractivity contribution < 1.29 is 18.7 Å². The number of carbonyl (C=O) groups is 1. The molecule has 0 fully saturated rings. The molecule has 4 rings (SSSR count). The van der Waals surface area contributed by atoms with E-state index in [-0.39, 0.29) is 5.91 Å². The van der Waals surface area contributed by atoms with Gasteiger partial charge in [-0.1, -0.05) is 48.5 Å². The Balaban J connectivity index is 1.64. The van der Waals surface area contributed by atoms with Crippen molar-refractivity contribution in [3.8, 4) is 23.0 Å². The molecule has 33 heavy (non-hydrogen) atoms. The van der Waals surface area contributed by atoms with Crippen LogP contribution in [0, 0.1) is 0 Å². The molecule has 1 aromatic heterocycles. The van der Waals surface area contributed by atoms with Gasteiger partial charge in [0.25, 0.3) is 5.91 Å². The van der Waals surface area contributed by atoms with Crippen molar-refractivity contribution in [2.75, 3.05) is 13.2 Å². The standard InChI is InChI=1S/C26H25N3O4/c1-3-31-21-16-15-20(17-22(21)32-4-2)24(30)27-23(18-11-7-5-8-12-18)26-29-28-25(33-26)19-13-9-6-10-14-19/h5-17,23H,3-4H2,1-2H3,(H,27,30)/t23-/m0/s1. The van der Waals surface area contributed by atoms with Crippen LogP contribution in [0.3, 0.4) is 0 Å². The first-order valence-corrected chi connectivity index (χ1v) is 10.8. The van der Waals surface area contributed by atoms with Crippen LogP contribution in [-0.2, 0) is 0 Å². The quantitative estimate of drug-likeness (QED) is 0.389. The minimum absolute atomic E-state index is 0.296. The fourth-order valence-electron chi connectivity index (χ4n) is 3.39. The summed E-state index contributed by atoms with van der Waals surface area (Å²) in [4.78, 5) is 13.2. The highest BCUT2D eigenvalue weighted by molar-refractivity contribution is 5.95. The first kappa shape index (κ1) is 22.1. The topological polar surface area (TPSA) is 86.5 Å². The van der Waals surface area contributed by atoms with Gasteiger partial charge in [0.15, 0.2) is 11.5 Å². The van der Waals surface area contributed by atoms with Crippen LogP contribution < -0.4 is 14.8 Å². The summed E-state index contributed by atoms with van der Waals surface area (Å²) in [5, 5.41) is 11.4. The van der Waals surface area contributed by atoms with Gasteiger partial charge in [0.2, 0.25) is 11.8 Å². The summed E-state index contributed by atoms with van der Waals surface area (Å²) in [6.07, 6.45) is 0. The van der Waals surface area contributed by atoms with Gasteiger partial charge in [-0.15, -0.1) is 10.2 Å². The van der Waals surface area contributed by atoms with Gasteiger partial charge in [-0.25, -0.2) is 0 Å². The number of nitrogens with one attached hydrogen (secondary N) is 1. The van der Waals surface area contributed by atoms with E-state index in [0.717, 1.165) is 11.1 Å². The van der Waals surface area contributed by atoms with Crippen LogP contribution in [0.2, 0.25) is 0 Å². The molecule has 0 saturated heterocycles.